The predicted octanol–water partition coefficient (Wildman–Crippen LogP) is -0.0958. The summed E-state index contributed by atoms with van der Waals surface area (Å²) in [7, 11) is 0. The highest BCUT2D eigenvalue weighted by Gasteiger charge is 2.21. The van der Waals surface area contributed by atoms with E-state index < -0.39 is 11.0 Å². The Hall–Kier alpha value is -1.47. The molecule has 1 aliphatic carbocycles. The second-order valence-electron chi connectivity index (χ2n) is 4.02. The van der Waals surface area contributed by atoms with Crippen molar-refractivity contribution in [2.45, 2.75) is 31.5 Å². The first-order chi connectivity index (χ1) is 7.65. The Morgan fingerprint density at radius 2 is 2.50 bits per heavy atom. The van der Waals surface area contributed by atoms with Crippen molar-refractivity contribution in [2.24, 2.45) is 0 Å². The fraction of sp³-hybridized carbons (Fsp3) is 0.667. The van der Waals surface area contributed by atoms with Gasteiger partial charge in [-0.25, -0.2) is 0 Å². The van der Waals surface area contributed by atoms with Crippen molar-refractivity contribution >= 4 is 5.82 Å². The Morgan fingerprint density at radius 3 is 3.06 bits per heavy atom. The Balaban J connectivity index is 1.79. The molecule has 0 radical (unpaired) electrons. The van der Waals surface area contributed by atoms with Gasteiger partial charge in [0.2, 0.25) is 6.33 Å². The maximum atomic E-state index is 10.4. The summed E-state index contributed by atoms with van der Waals surface area (Å²) in [6.07, 6.45) is 4.47. The number of imidazole rings is 1. The van der Waals surface area contributed by atoms with E-state index in [2.05, 4.69) is 10.3 Å². The van der Waals surface area contributed by atoms with Gasteiger partial charge < -0.3 is 25.1 Å². The summed E-state index contributed by atoms with van der Waals surface area (Å²) in [6.45, 7) is 0.831. The molecule has 0 spiro atoms. The van der Waals surface area contributed by atoms with Crippen LogP contribution in [0, 0.1) is 10.1 Å². The lowest BCUT2D eigenvalue weighted by molar-refractivity contribution is -0.389. The second-order valence-corrected chi connectivity index (χ2v) is 4.02. The summed E-state index contributed by atoms with van der Waals surface area (Å²) in [4.78, 5) is 13.4. The van der Waals surface area contributed by atoms with Gasteiger partial charge in [-0.3, -0.25) is 0 Å². The topological polar surface area (TPSA) is 93.2 Å². The molecule has 1 aromatic rings. The number of nitro groups is 1. The molecule has 0 aromatic carbocycles. The van der Waals surface area contributed by atoms with Gasteiger partial charge in [0.15, 0.2) is 0 Å². The van der Waals surface area contributed by atoms with Crippen LogP contribution in [0.15, 0.2) is 12.5 Å². The van der Waals surface area contributed by atoms with Crippen LogP contribution < -0.4 is 5.32 Å². The van der Waals surface area contributed by atoms with Gasteiger partial charge >= 0.3 is 5.82 Å². The van der Waals surface area contributed by atoms with Gasteiger partial charge in [0, 0.05) is 12.6 Å². The highest BCUT2D eigenvalue weighted by molar-refractivity contribution is 5.12. The monoisotopic (exact) mass is 226 g/mol. The van der Waals surface area contributed by atoms with Crippen LogP contribution in [0.3, 0.4) is 0 Å². The number of nitrogens with one attached hydrogen (secondary N) is 1. The number of aliphatic hydroxyl groups is 1. The summed E-state index contributed by atoms with van der Waals surface area (Å²) >= 11 is 0. The summed E-state index contributed by atoms with van der Waals surface area (Å²) in [5, 5.41) is 23.2. The molecule has 1 unspecified atom stereocenters. The first-order valence-corrected chi connectivity index (χ1v) is 5.23. The van der Waals surface area contributed by atoms with Crippen molar-refractivity contribution in [3.05, 3.63) is 22.6 Å². The number of hydrogen-bond acceptors (Lipinski definition) is 5. The second kappa shape index (κ2) is 4.58. The molecule has 1 heterocycles. The van der Waals surface area contributed by atoms with Crippen molar-refractivity contribution in [1.82, 2.24) is 14.9 Å². The quantitative estimate of drug-likeness (QED) is 0.522. The Morgan fingerprint density at radius 1 is 1.75 bits per heavy atom. The lowest BCUT2D eigenvalue weighted by Gasteiger charge is -2.10. The van der Waals surface area contributed by atoms with Crippen LogP contribution in [0.25, 0.3) is 0 Å². The highest BCUT2D eigenvalue weighted by Crippen LogP contribution is 2.18. The minimum atomic E-state index is -0.550. The molecule has 7 nitrogen and oxygen atoms in total. The average molecular weight is 226 g/mol. The Labute approximate surface area is 92.3 Å². The van der Waals surface area contributed by atoms with Crippen LogP contribution in [-0.2, 0) is 6.54 Å². The lowest BCUT2D eigenvalue weighted by Crippen LogP contribution is -2.31. The van der Waals surface area contributed by atoms with E-state index in [9.17, 15) is 15.2 Å². The van der Waals surface area contributed by atoms with Gasteiger partial charge in [0.1, 0.15) is 6.20 Å². The molecule has 7 heteroatoms. The molecule has 1 fully saturated rings. The molecular weight excluding hydrogens is 212 g/mol. The molecule has 1 saturated carbocycles. The van der Waals surface area contributed by atoms with Gasteiger partial charge in [-0.15, -0.1) is 0 Å². The third-order valence-corrected chi connectivity index (χ3v) is 2.45. The van der Waals surface area contributed by atoms with E-state index in [1.165, 1.54) is 29.9 Å². The van der Waals surface area contributed by atoms with E-state index >= 15 is 0 Å². The van der Waals surface area contributed by atoms with Gasteiger partial charge in [0.05, 0.1) is 12.6 Å². The summed E-state index contributed by atoms with van der Waals surface area (Å²) in [5.74, 6) is -0.192. The van der Waals surface area contributed by atoms with Gasteiger partial charge in [0.25, 0.3) is 0 Å². The van der Waals surface area contributed by atoms with Crippen LogP contribution in [0.1, 0.15) is 12.8 Å². The summed E-state index contributed by atoms with van der Waals surface area (Å²) in [5.41, 5.74) is 0. The fourth-order valence-electron chi connectivity index (χ4n) is 1.44. The molecule has 2 rings (SSSR count). The standard InChI is InChI=1S/C9H14N4O3/c14-8(3-10-7-1-2-7)4-12-5-9(11-6-12)13(15)16/h5-8,10,14H,1-4H2. The molecular formula is C9H14N4O3. The average Bonchev–Trinajstić information content (AvgIpc) is 2.95. The molecule has 1 aromatic heterocycles. The van der Waals surface area contributed by atoms with E-state index in [4.69, 9.17) is 0 Å². The minimum Gasteiger partial charge on any atom is -0.390 e. The number of aliphatic hydroxyl groups excluding tert-OH is 1. The zero-order valence-electron chi connectivity index (χ0n) is 8.74. The minimum absolute atomic E-state index is 0.192. The maximum absolute atomic E-state index is 10.4. The largest absolute Gasteiger partial charge is 0.390 e. The van der Waals surface area contributed by atoms with E-state index in [-0.39, 0.29) is 5.82 Å². The maximum Gasteiger partial charge on any atom is 0.381 e. The fourth-order valence-corrected chi connectivity index (χ4v) is 1.44. The number of aromatic nitrogens is 2. The van der Waals surface area contributed by atoms with Crippen LogP contribution in [0.2, 0.25) is 0 Å². The lowest BCUT2D eigenvalue weighted by atomic mass is 10.3. The molecule has 16 heavy (non-hydrogen) atoms. The van der Waals surface area contributed by atoms with Crippen molar-refractivity contribution in [3.8, 4) is 0 Å². The smallest absolute Gasteiger partial charge is 0.381 e. The van der Waals surface area contributed by atoms with Gasteiger partial charge in [-0.2, -0.15) is 0 Å². The van der Waals surface area contributed by atoms with E-state index in [0.717, 1.165) is 0 Å². The highest BCUT2D eigenvalue weighted by atomic mass is 16.6. The molecule has 88 valence electrons. The number of rotatable bonds is 6. The third kappa shape index (κ3) is 3.01. The first kappa shape index (κ1) is 11.0. The Kier molecular flexibility index (Phi) is 3.16. The summed E-state index contributed by atoms with van der Waals surface area (Å²) < 4.78 is 1.53. The molecule has 1 aliphatic rings. The van der Waals surface area contributed by atoms with Crippen LogP contribution in [0.4, 0.5) is 5.82 Å². The normalized spacial score (nSPS) is 17.3. The van der Waals surface area contributed by atoms with Crippen molar-refractivity contribution in [2.75, 3.05) is 6.54 Å². The van der Waals surface area contributed by atoms with E-state index in [0.29, 0.717) is 19.1 Å². The first-order valence-electron chi connectivity index (χ1n) is 5.23. The van der Waals surface area contributed by atoms with Crippen LogP contribution >= 0.6 is 0 Å². The number of nitrogens with zero attached hydrogens (tertiary/aromatic N) is 3. The SMILES string of the molecule is O=[N+]([O-])c1cn(CC(O)CNC2CC2)cn1. The molecule has 0 saturated heterocycles. The Bertz CT molecular complexity index is 375. The van der Waals surface area contributed by atoms with E-state index in [1.807, 2.05) is 0 Å². The van der Waals surface area contributed by atoms with Gasteiger partial charge in [-0.05, 0) is 22.7 Å². The molecule has 2 N–H and O–H groups in total. The number of hydrogen-bond donors (Lipinski definition) is 2. The molecule has 0 amide bonds. The molecule has 0 aliphatic heterocycles. The van der Waals surface area contributed by atoms with E-state index in [1.54, 1.807) is 0 Å². The van der Waals surface area contributed by atoms with Crippen molar-refractivity contribution in [3.63, 3.8) is 0 Å². The summed E-state index contributed by atoms with van der Waals surface area (Å²) in [6, 6.07) is 0.548. The van der Waals surface area contributed by atoms with Crippen LogP contribution in [0.5, 0.6) is 0 Å². The van der Waals surface area contributed by atoms with Crippen LogP contribution in [-0.4, -0.2) is 38.3 Å². The van der Waals surface area contributed by atoms with Gasteiger partial charge in [-0.1, -0.05) is 0 Å². The van der Waals surface area contributed by atoms with Crippen molar-refractivity contribution < 1.29 is 10.0 Å². The zero-order valence-corrected chi connectivity index (χ0v) is 8.74. The zero-order chi connectivity index (χ0) is 11.5. The van der Waals surface area contributed by atoms with Crippen molar-refractivity contribution in [1.29, 1.82) is 0 Å². The molecule has 0 bridgehead atoms. The predicted molar refractivity (Wildman–Crippen MR) is 55.9 cm³/mol. The molecule has 1 atom stereocenters. The third-order valence-electron chi connectivity index (χ3n) is 2.45.